The fourth-order valence-electron chi connectivity index (χ4n) is 2.04. The summed E-state index contributed by atoms with van der Waals surface area (Å²) in [5, 5.41) is 6.62. The van der Waals surface area contributed by atoms with Crippen LogP contribution >= 0.6 is 0 Å². The van der Waals surface area contributed by atoms with Crippen molar-refractivity contribution in [1.82, 2.24) is 9.97 Å². The van der Waals surface area contributed by atoms with Gasteiger partial charge in [0, 0.05) is 29.1 Å². The van der Waals surface area contributed by atoms with Gasteiger partial charge in [-0.05, 0) is 52.3 Å². The summed E-state index contributed by atoms with van der Waals surface area (Å²) in [6, 6.07) is 6.00. The number of anilines is 3. The van der Waals surface area contributed by atoms with Crippen LogP contribution in [0, 0.1) is 13.8 Å². The second kappa shape index (κ2) is 6.22. The first kappa shape index (κ1) is 16.1. The van der Waals surface area contributed by atoms with E-state index in [0.717, 1.165) is 28.4 Å². The van der Waals surface area contributed by atoms with Crippen molar-refractivity contribution in [1.29, 1.82) is 0 Å². The smallest absolute Gasteiger partial charge is 0.225 e. The molecule has 118 valence electrons. The summed E-state index contributed by atoms with van der Waals surface area (Å²) in [6.45, 7) is 10.3. The maximum Gasteiger partial charge on any atom is 0.225 e. The molecule has 1 aromatic heterocycles. The topological polar surface area (TPSA) is 59.1 Å². The van der Waals surface area contributed by atoms with Crippen molar-refractivity contribution in [2.75, 3.05) is 17.7 Å². The van der Waals surface area contributed by atoms with E-state index < -0.39 is 0 Å². The molecule has 2 aromatic rings. The van der Waals surface area contributed by atoms with Gasteiger partial charge < -0.3 is 15.4 Å². The molecule has 0 radical (unpaired) electrons. The van der Waals surface area contributed by atoms with Crippen molar-refractivity contribution < 1.29 is 4.74 Å². The number of aryl methyl sites for hydroxylation is 2. The quantitative estimate of drug-likeness (QED) is 0.892. The fraction of sp³-hybridized carbons (Fsp3) is 0.412. The summed E-state index contributed by atoms with van der Waals surface area (Å²) in [7, 11) is 1.67. The standard InChI is InChI=1S/C17H24N4O/c1-11-7-13(9-14(8-11)22-6)19-15-12(2)10-18-16(20-15)21-17(3,4)5/h7-10H,1-6H3,(H2,18,19,20,21). The molecule has 0 unspecified atom stereocenters. The molecule has 5 nitrogen and oxygen atoms in total. The van der Waals surface area contributed by atoms with Crippen molar-refractivity contribution in [3.05, 3.63) is 35.5 Å². The molecule has 0 aliphatic carbocycles. The first-order chi connectivity index (χ1) is 10.3. The van der Waals surface area contributed by atoms with Crippen molar-refractivity contribution in [2.45, 2.75) is 40.2 Å². The molecular formula is C17H24N4O. The molecule has 2 rings (SSSR count). The number of methoxy groups -OCH3 is 1. The van der Waals surface area contributed by atoms with Crippen molar-refractivity contribution in [3.8, 4) is 5.75 Å². The number of hydrogen-bond acceptors (Lipinski definition) is 5. The van der Waals surface area contributed by atoms with Crippen LogP contribution in [0.4, 0.5) is 17.5 Å². The van der Waals surface area contributed by atoms with Crippen molar-refractivity contribution in [3.63, 3.8) is 0 Å². The van der Waals surface area contributed by atoms with Crippen LogP contribution in [0.25, 0.3) is 0 Å². The van der Waals surface area contributed by atoms with Gasteiger partial charge in [0.25, 0.3) is 0 Å². The van der Waals surface area contributed by atoms with Gasteiger partial charge in [-0.1, -0.05) is 0 Å². The van der Waals surface area contributed by atoms with Crippen molar-refractivity contribution >= 4 is 17.5 Å². The van der Waals surface area contributed by atoms with Crippen molar-refractivity contribution in [2.24, 2.45) is 0 Å². The molecule has 0 saturated heterocycles. The Morgan fingerprint density at radius 1 is 1.09 bits per heavy atom. The lowest BCUT2D eigenvalue weighted by atomic mass is 10.1. The molecule has 5 heteroatoms. The molecule has 1 heterocycles. The Hall–Kier alpha value is -2.30. The Labute approximate surface area is 132 Å². The van der Waals surface area contributed by atoms with Crippen LogP contribution in [0.5, 0.6) is 5.75 Å². The zero-order valence-electron chi connectivity index (χ0n) is 14.1. The lowest BCUT2D eigenvalue weighted by molar-refractivity contribution is 0.414. The second-order valence-electron chi connectivity index (χ2n) is 6.46. The highest BCUT2D eigenvalue weighted by atomic mass is 16.5. The Kier molecular flexibility index (Phi) is 4.54. The third kappa shape index (κ3) is 4.35. The molecule has 22 heavy (non-hydrogen) atoms. The minimum absolute atomic E-state index is 0.0842. The van der Waals surface area contributed by atoms with E-state index >= 15 is 0 Å². The van der Waals surface area contributed by atoms with Gasteiger partial charge in [-0.2, -0.15) is 4.98 Å². The molecule has 0 atom stereocenters. The number of ether oxygens (including phenoxy) is 1. The van der Waals surface area contributed by atoms with E-state index in [1.807, 2.05) is 32.2 Å². The third-order valence-electron chi connectivity index (χ3n) is 3.01. The first-order valence-electron chi connectivity index (χ1n) is 7.31. The average Bonchev–Trinajstić information content (AvgIpc) is 2.40. The van der Waals surface area contributed by atoms with Crippen LogP contribution in [-0.4, -0.2) is 22.6 Å². The molecular weight excluding hydrogens is 276 g/mol. The van der Waals surface area contributed by atoms with E-state index in [-0.39, 0.29) is 5.54 Å². The summed E-state index contributed by atoms with van der Waals surface area (Å²) in [6.07, 6.45) is 1.82. The fourth-order valence-corrected chi connectivity index (χ4v) is 2.04. The van der Waals surface area contributed by atoms with Crippen LogP contribution < -0.4 is 15.4 Å². The summed E-state index contributed by atoms with van der Waals surface area (Å²) in [5.74, 6) is 2.22. The monoisotopic (exact) mass is 300 g/mol. The summed E-state index contributed by atoms with van der Waals surface area (Å²) in [4.78, 5) is 8.89. The van der Waals surface area contributed by atoms with Gasteiger partial charge in [-0.15, -0.1) is 0 Å². The van der Waals surface area contributed by atoms with E-state index in [0.29, 0.717) is 5.95 Å². The molecule has 0 spiro atoms. The summed E-state index contributed by atoms with van der Waals surface area (Å²) < 4.78 is 5.31. The molecule has 0 fully saturated rings. The Morgan fingerprint density at radius 2 is 1.82 bits per heavy atom. The predicted octanol–water partition coefficient (Wildman–Crippen LogP) is 4.06. The zero-order chi connectivity index (χ0) is 16.3. The van der Waals surface area contributed by atoms with Crippen LogP contribution in [0.15, 0.2) is 24.4 Å². The molecule has 0 saturated carbocycles. The number of benzene rings is 1. The maximum atomic E-state index is 5.31. The van der Waals surface area contributed by atoms with E-state index in [1.165, 1.54) is 0 Å². The Bertz CT molecular complexity index is 662. The highest BCUT2D eigenvalue weighted by Gasteiger charge is 2.12. The summed E-state index contributed by atoms with van der Waals surface area (Å²) in [5.41, 5.74) is 2.97. The highest BCUT2D eigenvalue weighted by molar-refractivity contribution is 5.62. The number of nitrogens with one attached hydrogen (secondary N) is 2. The lowest BCUT2D eigenvalue weighted by Gasteiger charge is -2.21. The molecule has 0 bridgehead atoms. The third-order valence-corrected chi connectivity index (χ3v) is 3.01. The largest absolute Gasteiger partial charge is 0.497 e. The number of nitrogens with zero attached hydrogens (tertiary/aromatic N) is 2. The second-order valence-corrected chi connectivity index (χ2v) is 6.46. The van der Waals surface area contributed by atoms with E-state index in [2.05, 4.69) is 47.4 Å². The maximum absolute atomic E-state index is 5.31. The zero-order valence-corrected chi connectivity index (χ0v) is 14.1. The van der Waals surface area contributed by atoms with E-state index in [4.69, 9.17) is 4.74 Å². The molecule has 1 aromatic carbocycles. The average molecular weight is 300 g/mol. The van der Waals surface area contributed by atoms with Gasteiger partial charge in [0.1, 0.15) is 11.6 Å². The van der Waals surface area contributed by atoms with Gasteiger partial charge in [0.05, 0.1) is 7.11 Å². The predicted molar refractivity (Wildman–Crippen MR) is 91.2 cm³/mol. The lowest BCUT2D eigenvalue weighted by Crippen LogP contribution is -2.27. The van der Waals surface area contributed by atoms with Crippen LogP contribution in [0.3, 0.4) is 0 Å². The van der Waals surface area contributed by atoms with Crippen LogP contribution in [0.1, 0.15) is 31.9 Å². The molecule has 0 aliphatic rings. The number of hydrogen-bond donors (Lipinski definition) is 2. The van der Waals surface area contributed by atoms with Gasteiger partial charge in [0.2, 0.25) is 5.95 Å². The summed E-state index contributed by atoms with van der Waals surface area (Å²) >= 11 is 0. The first-order valence-corrected chi connectivity index (χ1v) is 7.31. The Balaban J connectivity index is 2.29. The SMILES string of the molecule is COc1cc(C)cc(Nc2nc(NC(C)(C)C)ncc2C)c1. The van der Waals surface area contributed by atoms with E-state index in [1.54, 1.807) is 7.11 Å². The van der Waals surface area contributed by atoms with E-state index in [9.17, 15) is 0 Å². The molecule has 0 aliphatic heterocycles. The van der Waals surface area contributed by atoms with Gasteiger partial charge in [-0.3, -0.25) is 0 Å². The highest BCUT2D eigenvalue weighted by Crippen LogP contribution is 2.25. The normalized spacial score (nSPS) is 11.2. The Morgan fingerprint density at radius 3 is 2.45 bits per heavy atom. The molecule has 2 N–H and O–H groups in total. The minimum atomic E-state index is -0.0842. The van der Waals surface area contributed by atoms with Gasteiger partial charge >= 0.3 is 0 Å². The number of aromatic nitrogens is 2. The molecule has 0 amide bonds. The van der Waals surface area contributed by atoms with Gasteiger partial charge in [0.15, 0.2) is 0 Å². The van der Waals surface area contributed by atoms with Crippen LogP contribution in [0.2, 0.25) is 0 Å². The minimum Gasteiger partial charge on any atom is -0.497 e. The van der Waals surface area contributed by atoms with Crippen LogP contribution in [-0.2, 0) is 0 Å². The van der Waals surface area contributed by atoms with Gasteiger partial charge in [-0.25, -0.2) is 4.98 Å². The number of rotatable bonds is 4.